The van der Waals surface area contributed by atoms with Gasteiger partial charge in [-0.1, -0.05) is 24.3 Å². The van der Waals surface area contributed by atoms with Gasteiger partial charge in [0.05, 0.1) is 22.0 Å². The zero-order valence-corrected chi connectivity index (χ0v) is 18.9. The number of nitrogens with one attached hydrogen (secondary N) is 1. The van der Waals surface area contributed by atoms with Gasteiger partial charge >= 0.3 is 0 Å². The zero-order valence-electron chi connectivity index (χ0n) is 18.1. The van der Waals surface area contributed by atoms with E-state index in [9.17, 15) is 13.2 Å². The summed E-state index contributed by atoms with van der Waals surface area (Å²) in [7, 11) is -0.501. The molecule has 164 valence electrons. The second-order valence-corrected chi connectivity index (χ2v) is 10.2. The highest BCUT2D eigenvalue weighted by molar-refractivity contribution is 7.89. The Morgan fingerprint density at radius 3 is 2.74 bits per heavy atom. The number of sulfonamides is 1. The van der Waals surface area contributed by atoms with Gasteiger partial charge < -0.3 is 9.88 Å². The number of imidazole rings is 1. The lowest BCUT2D eigenvalue weighted by Gasteiger charge is -2.14. The van der Waals surface area contributed by atoms with Crippen LogP contribution in [-0.2, 0) is 34.2 Å². The number of carbonyl (C=O) groups is 1. The first-order valence-electron chi connectivity index (χ1n) is 10.6. The average Bonchev–Trinajstić information content (AvgIpc) is 3.32. The number of aromatic nitrogens is 2. The number of amides is 1. The van der Waals surface area contributed by atoms with Crippen LogP contribution in [0.25, 0.3) is 11.0 Å². The molecule has 0 aliphatic heterocycles. The molecule has 0 saturated heterocycles. The minimum absolute atomic E-state index is 0.00675. The van der Waals surface area contributed by atoms with Crippen LogP contribution in [0.15, 0.2) is 47.4 Å². The number of aryl methyl sites for hydroxylation is 3. The van der Waals surface area contributed by atoms with Crippen LogP contribution < -0.4 is 5.32 Å². The first kappa shape index (κ1) is 21.5. The Kier molecular flexibility index (Phi) is 5.85. The fraction of sp³-hybridized carbons (Fsp3) is 0.391. The van der Waals surface area contributed by atoms with Crippen molar-refractivity contribution in [2.24, 2.45) is 0 Å². The summed E-state index contributed by atoms with van der Waals surface area (Å²) >= 11 is 0. The minimum Gasteiger partial charge on any atom is -0.349 e. The maximum Gasteiger partial charge on any atom is 0.242 e. The van der Waals surface area contributed by atoms with Gasteiger partial charge in [0, 0.05) is 33.5 Å². The molecular formula is C23H28N4O3S. The van der Waals surface area contributed by atoms with E-state index in [2.05, 4.69) is 22.4 Å². The van der Waals surface area contributed by atoms with Gasteiger partial charge in [-0.25, -0.2) is 17.7 Å². The average molecular weight is 441 g/mol. The summed E-state index contributed by atoms with van der Waals surface area (Å²) in [5.74, 6) is 0.797. The van der Waals surface area contributed by atoms with Crippen LogP contribution in [0.1, 0.15) is 42.8 Å². The molecule has 1 amide bonds. The van der Waals surface area contributed by atoms with E-state index in [4.69, 9.17) is 0 Å². The van der Waals surface area contributed by atoms with E-state index in [0.29, 0.717) is 24.9 Å². The van der Waals surface area contributed by atoms with Gasteiger partial charge in [-0.15, -0.1) is 0 Å². The van der Waals surface area contributed by atoms with Crippen molar-refractivity contribution in [3.8, 4) is 0 Å². The van der Waals surface area contributed by atoms with Crippen LogP contribution in [0.3, 0.4) is 0 Å². The number of nitrogens with zero attached hydrogens (tertiary/aromatic N) is 3. The van der Waals surface area contributed by atoms with Crippen molar-refractivity contribution in [3.63, 3.8) is 0 Å². The van der Waals surface area contributed by atoms with Crippen LogP contribution in [-0.4, -0.2) is 42.3 Å². The summed E-state index contributed by atoms with van der Waals surface area (Å²) < 4.78 is 28.1. The van der Waals surface area contributed by atoms with E-state index in [1.54, 1.807) is 18.2 Å². The molecule has 31 heavy (non-hydrogen) atoms. The second kappa shape index (κ2) is 8.43. The highest BCUT2D eigenvalue weighted by Gasteiger charge is 2.24. The van der Waals surface area contributed by atoms with Crippen LogP contribution in [0, 0.1) is 0 Å². The standard InChI is InChI=1S/C23H28N4O3S/c1-4-27-21-12-10-17(31(29,30)26(2)3)15-20(21)24-22(27)13-14-23(28)25-19-11-9-16-7-5-6-8-18(16)19/h5-8,10,12,15,19H,4,9,11,13-14H2,1-3H3,(H,25,28)/t19-/m0/s1. The number of hydrogen-bond donors (Lipinski definition) is 1. The predicted molar refractivity (Wildman–Crippen MR) is 120 cm³/mol. The van der Waals surface area contributed by atoms with Gasteiger partial charge in [-0.05, 0) is 49.1 Å². The van der Waals surface area contributed by atoms with E-state index in [-0.39, 0.29) is 16.8 Å². The lowest BCUT2D eigenvalue weighted by Crippen LogP contribution is -2.27. The molecular weight excluding hydrogens is 412 g/mol. The number of benzene rings is 2. The highest BCUT2D eigenvalue weighted by atomic mass is 32.2. The van der Waals surface area contributed by atoms with Gasteiger partial charge in [-0.2, -0.15) is 0 Å². The molecule has 0 radical (unpaired) electrons. The fourth-order valence-electron chi connectivity index (χ4n) is 4.27. The van der Waals surface area contributed by atoms with Gasteiger partial charge in [0.15, 0.2) is 0 Å². The fourth-order valence-corrected chi connectivity index (χ4v) is 5.20. The molecule has 4 rings (SSSR count). The molecule has 0 fully saturated rings. The summed E-state index contributed by atoms with van der Waals surface area (Å²) in [4.78, 5) is 17.5. The Bertz CT molecular complexity index is 1230. The van der Waals surface area contributed by atoms with Crippen molar-refractivity contribution in [3.05, 3.63) is 59.4 Å². The SMILES string of the molecule is CCn1c(CCC(=O)N[C@H]2CCc3ccccc32)nc2cc(S(=O)(=O)N(C)C)ccc21. The van der Waals surface area contributed by atoms with Crippen molar-refractivity contribution >= 4 is 27.0 Å². The summed E-state index contributed by atoms with van der Waals surface area (Å²) in [5.41, 5.74) is 4.03. The summed E-state index contributed by atoms with van der Waals surface area (Å²) in [6.45, 7) is 2.72. The smallest absolute Gasteiger partial charge is 0.242 e. The molecule has 1 heterocycles. The molecule has 3 aromatic rings. The molecule has 2 aromatic carbocycles. The zero-order chi connectivity index (χ0) is 22.2. The van der Waals surface area contributed by atoms with Gasteiger partial charge in [0.2, 0.25) is 15.9 Å². The van der Waals surface area contributed by atoms with E-state index < -0.39 is 10.0 Å². The molecule has 1 aromatic heterocycles. The van der Waals surface area contributed by atoms with Crippen molar-refractivity contribution in [2.45, 2.75) is 50.1 Å². The first-order chi connectivity index (χ1) is 14.8. The monoisotopic (exact) mass is 440 g/mol. The Morgan fingerprint density at radius 2 is 2.00 bits per heavy atom. The molecule has 0 saturated carbocycles. The molecule has 1 aliphatic carbocycles. The topological polar surface area (TPSA) is 84.3 Å². The van der Waals surface area contributed by atoms with Gasteiger partial charge in [-0.3, -0.25) is 4.79 Å². The molecule has 0 bridgehead atoms. The molecule has 1 N–H and O–H groups in total. The molecule has 8 heteroatoms. The molecule has 1 aliphatic rings. The largest absolute Gasteiger partial charge is 0.349 e. The number of carbonyl (C=O) groups excluding carboxylic acids is 1. The van der Waals surface area contributed by atoms with E-state index >= 15 is 0 Å². The van der Waals surface area contributed by atoms with E-state index in [0.717, 1.165) is 24.2 Å². The van der Waals surface area contributed by atoms with Crippen molar-refractivity contribution in [1.29, 1.82) is 0 Å². The van der Waals surface area contributed by atoms with Crippen molar-refractivity contribution < 1.29 is 13.2 Å². The Hall–Kier alpha value is -2.71. The lowest BCUT2D eigenvalue weighted by atomic mass is 10.1. The molecule has 1 atom stereocenters. The van der Waals surface area contributed by atoms with Gasteiger partial charge in [0.1, 0.15) is 5.82 Å². The van der Waals surface area contributed by atoms with Crippen LogP contribution in [0.5, 0.6) is 0 Å². The predicted octanol–water partition coefficient (Wildman–Crippen LogP) is 3.04. The number of rotatable bonds is 7. The minimum atomic E-state index is -3.52. The third-order valence-corrected chi connectivity index (χ3v) is 7.75. The van der Waals surface area contributed by atoms with Crippen LogP contribution >= 0.6 is 0 Å². The Morgan fingerprint density at radius 1 is 1.23 bits per heavy atom. The van der Waals surface area contributed by atoms with E-state index in [1.165, 1.54) is 29.5 Å². The van der Waals surface area contributed by atoms with E-state index in [1.807, 2.05) is 23.6 Å². The van der Waals surface area contributed by atoms with Crippen molar-refractivity contribution in [2.75, 3.05) is 14.1 Å². The third-order valence-electron chi connectivity index (χ3n) is 5.94. The van der Waals surface area contributed by atoms with Crippen molar-refractivity contribution in [1.82, 2.24) is 19.2 Å². The molecule has 0 unspecified atom stereocenters. The summed E-state index contributed by atoms with van der Waals surface area (Å²) in [5, 5.41) is 3.16. The summed E-state index contributed by atoms with van der Waals surface area (Å²) in [6.07, 6.45) is 2.76. The molecule has 7 nitrogen and oxygen atoms in total. The summed E-state index contributed by atoms with van der Waals surface area (Å²) in [6, 6.07) is 13.3. The third kappa shape index (κ3) is 4.09. The maximum atomic E-state index is 12.6. The van der Waals surface area contributed by atoms with Crippen LogP contribution in [0.2, 0.25) is 0 Å². The highest BCUT2D eigenvalue weighted by Crippen LogP contribution is 2.30. The molecule has 0 spiro atoms. The normalized spacial score (nSPS) is 16.1. The van der Waals surface area contributed by atoms with Gasteiger partial charge in [0.25, 0.3) is 0 Å². The Balaban J connectivity index is 1.50. The first-order valence-corrected chi connectivity index (χ1v) is 12.0. The quantitative estimate of drug-likeness (QED) is 0.612. The lowest BCUT2D eigenvalue weighted by molar-refractivity contribution is -0.121. The maximum absolute atomic E-state index is 12.6. The number of fused-ring (bicyclic) bond motifs is 2. The number of hydrogen-bond acceptors (Lipinski definition) is 4. The van der Waals surface area contributed by atoms with Crippen LogP contribution in [0.4, 0.5) is 0 Å². The Labute approximate surface area is 183 Å². The second-order valence-electron chi connectivity index (χ2n) is 8.07.